The summed E-state index contributed by atoms with van der Waals surface area (Å²) < 4.78 is 7.54. The number of rotatable bonds is 3. The third kappa shape index (κ3) is 3.65. The number of benzene rings is 1. The molecular formula is C23H23N5O3. The predicted octanol–water partition coefficient (Wildman–Crippen LogP) is 4.04. The Labute approximate surface area is 180 Å². The number of amides is 2. The van der Waals surface area contributed by atoms with Gasteiger partial charge in [-0.3, -0.25) is 19.4 Å². The molecule has 0 radical (unpaired) electrons. The summed E-state index contributed by atoms with van der Waals surface area (Å²) in [5.74, 6) is 0.306. The molecule has 3 aromatic rings. The number of ether oxygens (including phenoxy) is 1. The largest absolute Gasteiger partial charge is 0.419 e. The van der Waals surface area contributed by atoms with E-state index in [1.807, 2.05) is 42.2 Å². The fraction of sp³-hybridized carbons (Fsp3) is 0.304. The fourth-order valence-corrected chi connectivity index (χ4v) is 4.05. The summed E-state index contributed by atoms with van der Waals surface area (Å²) in [5.41, 5.74) is 3.23. The van der Waals surface area contributed by atoms with Crippen LogP contribution in [0.25, 0.3) is 11.1 Å². The zero-order valence-electron chi connectivity index (χ0n) is 17.4. The molecule has 2 amide bonds. The fourth-order valence-electron chi connectivity index (χ4n) is 4.05. The van der Waals surface area contributed by atoms with Crippen LogP contribution in [0, 0.1) is 0 Å². The minimum atomic E-state index is -0.505. The molecule has 31 heavy (non-hydrogen) atoms. The first-order chi connectivity index (χ1) is 15.0. The van der Waals surface area contributed by atoms with Crippen LogP contribution in [0.3, 0.4) is 0 Å². The van der Waals surface area contributed by atoms with Crippen molar-refractivity contribution in [2.75, 3.05) is 16.3 Å². The molecule has 1 atom stereocenters. The van der Waals surface area contributed by atoms with E-state index in [2.05, 4.69) is 10.1 Å². The summed E-state index contributed by atoms with van der Waals surface area (Å²) in [4.78, 5) is 32.7. The van der Waals surface area contributed by atoms with Gasteiger partial charge in [0.05, 0.1) is 35.9 Å². The van der Waals surface area contributed by atoms with Gasteiger partial charge in [-0.05, 0) is 49.6 Å². The van der Waals surface area contributed by atoms with Crippen LogP contribution in [0.1, 0.15) is 32.7 Å². The van der Waals surface area contributed by atoms with Crippen molar-refractivity contribution in [1.29, 1.82) is 0 Å². The van der Waals surface area contributed by atoms with Crippen molar-refractivity contribution in [1.82, 2.24) is 14.8 Å². The first-order valence-electron chi connectivity index (χ1n) is 10.4. The number of carbonyl (C=O) groups excluding carboxylic acids is 2. The SMILES string of the molecule is CC(=O)N1c2ccc(-c3cnn(C4CC4)c3)cc2N(C(=O)Oc2cccnc2)C[C@@H]1C. The Bertz CT molecular complexity index is 1140. The maximum absolute atomic E-state index is 13.1. The summed E-state index contributed by atoms with van der Waals surface area (Å²) >= 11 is 0. The Morgan fingerprint density at radius 3 is 2.65 bits per heavy atom. The van der Waals surface area contributed by atoms with E-state index in [1.165, 1.54) is 13.1 Å². The lowest BCUT2D eigenvalue weighted by Gasteiger charge is -2.40. The van der Waals surface area contributed by atoms with E-state index >= 15 is 0 Å². The lowest BCUT2D eigenvalue weighted by Crippen LogP contribution is -2.52. The molecule has 0 bridgehead atoms. The highest BCUT2D eigenvalue weighted by atomic mass is 16.6. The highest BCUT2D eigenvalue weighted by Gasteiger charge is 2.35. The van der Waals surface area contributed by atoms with Gasteiger partial charge in [-0.25, -0.2) is 4.79 Å². The third-order valence-electron chi connectivity index (χ3n) is 5.67. The maximum atomic E-state index is 13.1. The quantitative estimate of drug-likeness (QED) is 0.643. The van der Waals surface area contributed by atoms with Crippen molar-refractivity contribution in [3.63, 3.8) is 0 Å². The lowest BCUT2D eigenvalue weighted by molar-refractivity contribution is -0.117. The average molecular weight is 417 g/mol. The van der Waals surface area contributed by atoms with Crippen LogP contribution in [0.15, 0.2) is 55.1 Å². The smallest absolute Gasteiger partial charge is 0.408 e. The number of pyridine rings is 1. The first kappa shape index (κ1) is 19.3. The normalized spacial score (nSPS) is 17.9. The third-order valence-corrected chi connectivity index (χ3v) is 5.67. The number of nitrogens with zero attached hydrogens (tertiary/aromatic N) is 5. The molecule has 1 aromatic carbocycles. The van der Waals surface area contributed by atoms with Crippen LogP contribution < -0.4 is 14.5 Å². The molecule has 8 nitrogen and oxygen atoms in total. The lowest BCUT2D eigenvalue weighted by atomic mass is 10.0. The van der Waals surface area contributed by atoms with Crippen molar-refractivity contribution in [2.45, 2.75) is 38.8 Å². The molecule has 0 N–H and O–H groups in total. The minimum absolute atomic E-state index is 0.0664. The first-order valence-corrected chi connectivity index (χ1v) is 10.4. The topological polar surface area (TPSA) is 80.6 Å². The number of anilines is 2. The van der Waals surface area contributed by atoms with Crippen molar-refractivity contribution in [3.8, 4) is 16.9 Å². The van der Waals surface area contributed by atoms with E-state index in [0.717, 1.165) is 24.0 Å². The summed E-state index contributed by atoms with van der Waals surface area (Å²) in [6.07, 6.45) is 8.80. The maximum Gasteiger partial charge on any atom is 0.419 e. The van der Waals surface area contributed by atoms with Crippen molar-refractivity contribution in [2.24, 2.45) is 0 Å². The van der Waals surface area contributed by atoms with Crippen LogP contribution in [0.4, 0.5) is 16.2 Å². The van der Waals surface area contributed by atoms with Crippen LogP contribution >= 0.6 is 0 Å². The number of fused-ring (bicyclic) bond motifs is 1. The number of hydrogen-bond donors (Lipinski definition) is 0. The van der Waals surface area contributed by atoms with Gasteiger partial charge in [0.2, 0.25) is 5.91 Å². The van der Waals surface area contributed by atoms with Crippen LogP contribution in [-0.4, -0.2) is 39.4 Å². The second-order valence-electron chi connectivity index (χ2n) is 8.05. The van der Waals surface area contributed by atoms with Gasteiger partial charge in [-0.1, -0.05) is 6.07 Å². The van der Waals surface area contributed by atoms with Gasteiger partial charge in [0, 0.05) is 31.4 Å². The van der Waals surface area contributed by atoms with Gasteiger partial charge in [0.1, 0.15) is 0 Å². The number of carbonyl (C=O) groups is 2. The summed E-state index contributed by atoms with van der Waals surface area (Å²) in [6, 6.07) is 9.48. The Hall–Kier alpha value is -3.68. The van der Waals surface area contributed by atoms with E-state index in [9.17, 15) is 9.59 Å². The van der Waals surface area contributed by atoms with Crippen molar-refractivity contribution in [3.05, 3.63) is 55.1 Å². The molecule has 2 aromatic heterocycles. The van der Waals surface area contributed by atoms with Crippen molar-refractivity contribution >= 4 is 23.4 Å². The Morgan fingerprint density at radius 2 is 1.94 bits per heavy atom. The molecule has 158 valence electrons. The number of aromatic nitrogens is 3. The molecule has 1 fully saturated rings. The van der Waals surface area contributed by atoms with Gasteiger partial charge < -0.3 is 9.64 Å². The average Bonchev–Trinajstić information content (AvgIpc) is 3.49. The Morgan fingerprint density at radius 1 is 1.10 bits per heavy atom. The van der Waals surface area contributed by atoms with Gasteiger partial charge in [0.25, 0.3) is 0 Å². The molecule has 8 heteroatoms. The molecule has 2 aliphatic rings. The molecule has 1 aliphatic carbocycles. The summed E-state index contributed by atoms with van der Waals surface area (Å²) in [7, 11) is 0. The Balaban J connectivity index is 1.53. The molecule has 0 spiro atoms. The van der Waals surface area contributed by atoms with Crippen LogP contribution in [0.2, 0.25) is 0 Å². The van der Waals surface area contributed by atoms with Crippen LogP contribution in [0.5, 0.6) is 5.75 Å². The molecular weight excluding hydrogens is 394 g/mol. The zero-order valence-corrected chi connectivity index (χ0v) is 17.4. The second kappa shape index (κ2) is 7.54. The van der Waals surface area contributed by atoms with Crippen molar-refractivity contribution < 1.29 is 14.3 Å². The standard InChI is InChI=1S/C23H23N5O3/c1-15-13-26(23(30)31-20-4-3-9-24-12-20)22-10-17(5-8-21(22)28(15)16(2)29)18-11-25-27(14-18)19-6-7-19/h3-5,8-12,14-15,19H,6-7,13H2,1-2H3/t15-/m0/s1. The van der Waals surface area contributed by atoms with E-state index < -0.39 is 6.09 Å². The molecule has 3 heterocycles. The molecule has 1 saturated carbocycles. The highest BCUT2D eigenvalue weighted by Crippen LogP contribution is 2.40. The van der Waals surface area contributed by atoms with Crippen LogP contribution in [-0.2, 0) is 4.79 Å². The Kier molecular flexibility index (Phi) is 4.69. The zero-order chi connectivity index (χ0) is 21.5. The highest BCUT2D eigenvalue weighted by molar-refractivity contribution is 6.03. The summed E-state index contributed by atoms with van der Waals surface area (Å²) in [5, 5.41) is 4.47. The molecule has 1 aliphatic heterocycles. The van der Waals surface area contributed by atoms with E-state index in [0.29, 0.717) is 29.7 Å². The molecule has 0 saturated heterocycles. The van der Waals surface area contributed by atoms with E-state index in [1.54, 1.807) is 28.1 Å². The van der Waals surface area contributed by atoms with Gasteiger partial charge in [-0.15, -0.1) is 0 Å². The molecule has 0 unspecified atom stereocenters. The van der Waals surface area contributed by atoms with E-state index in [4.69, 9.17) is 4.74 Å². The summed E-state index contributed by atoms with van der Waals surface area (Å²) in [6.45, 7) is 3.79. The minimum Gasteiger partial charge on any atom is -0.408 e. The predicted molar refractivity (Wildman–Crippen MR) is 116 cm³/mol. The van der Waals surface area contributed by atoms with Gasteiger partial charge in [0.15, 0.2) is 5.75 Å². The van der Waals surface area contributed by atoms with Gasteiger partial charge >= 0.3 is 6.09 Å². The van der Waals surface area contributed by atoms with Gasteiger partial charge in [-0.2, -0.15) is 5.10 Å². The second-order valence-corrected chi connectivity index (χ2v) is 8.05. The number of hydrogen-bond acceptors (Lipinski definition) is 5. The van der Waals surface area contributed by atoms with E-state index in [-0.39, 0.29) is 11.9 Å². The monoisotopic (exact) mass is 417 g/mol. The molecule has 5 rings (SSSR count).